The molecule has 0 saturated heterocycles. The highest BCUT2D eigenvalue weighted by Crippen LogP contribution is 2.19. The van der Waals surface area contributed by atoms with Crippen LogP contribution in [-0.4, -0.2) is 54.7 Å². The van der Waals surface area contributed by atoms with Gasteiger partial charge in [0.2, 0.25) is 5.91 Å². The van der Waals surface area contributed by atoms with E-state index in [1.165, 1.54) is 0 Å². The number of nitrogens with zero attached hydrogens (tertiary/aromatic N) is 2. The molecule has 1 fully saturated rings. The van der Waals surface area contributed by atoms with Gasteiger partial charge in [-0.1, -0.05) is 6.92 Å². The Bertz CT molecular complexity index is 251. The molecule has 1 aliphatic rings. The third kappa shape index (κ3) is 3.02. The molecule has 86 valence electrons. The number of carbonyl (C=O) groups is 2. The number of hydrogen-bond acceptors (Lipinski definition) is 3. The molecule has 0 aromatic heterocycles. The number of likely N-dealkylation sites (N-methyl/N-ethyl adjacent to an activating group) is 2. The summed E-state index contributed by atoms with van der Waals surface area (Å²) in [7, 11) is 3.49. The van der Waals surface area contributed by atoms with E-state index in [2.05, 4.69) is 0 Å². The van der Waals surface area contributed by atoms with Gasteiger partial charge >= 0.3 is 0 Å². The standard InChI is InChI=1S/C11H20N2O2/c1-4-13(8-11(15)12(2)3)9-6-5-7-10(9)14/h9H,4-8H2,1-3H3. The molecule has 0 N–H and O–H groups in total. The van der Waals surface area contributed by atoms with Crippen LogP contribution in [0.3, 0.4) is 0 Å². The quantitative estimate of drug-likeness (QED) is 0.682. The molecule has 0 aromatic carbocycles. The Hall–Kier alpha value is -0.900. The Morgan fingerprint density at radius 2 is 2.13 bits per heavy atom. The second-order valence-corrected chi connectivity index (χ2v) is 4.23. The van der Waals surface area contributed by atoms with Crippen LogP contribution in [0.4, 0.5) is 0 Å². The molecule has 0 heterocycles. The monoisotopic (exact) mass is 212 g/mol. The Labute approximate surface area is 91.2 Å². The third-order valence-corrected chi connectivity index (χ3v) is 2.96. The van der Waals surface area contributed by atoms with Gasteiger partial charge in [-0.25, -0.2) is 0 Å². The van der Waals surface area contributed by atoms with E-state index in [-0.39, 0.29) is 11.9 Å². The molecule has 1 amide bonds. The Balaban J connectivity index is 2.55. The van der Waals surface area contributed by atoms with Gasteiger partial charge in [0, 0.05) is 20.5 Å². The van der Waals surface area contributed by atoms with Crippen LogP contribution in [0, 0.1) is 0 Å². The first kappa shape index (κ1) is 12.2. The Morgan fingerprint density at radius 1 is 1.47 bits per heavy atom. The van der Waals surface area contributed by atoms with Gasteiger partial charge in [0.25, 0.3) is 0 Å². The van der Waals surface area contributed by atoms with Crippen LogP contribution in [0.25, 0.3) is 0 Å². The molecular formula is C11H20N2O2. The fourth-order valence-corrected chi connectivity index (χ4v) is 1.94. The molecule has 1 saturated carbocycles. The molecule has 1 atom stereocenters. The van der Waals surface area contributed by atoms with Crippen LogP contribution in [0.1, 0.15) is 26.2 Å². The summed E-state index contributed by atoms with van der Waals surface area (Å²) < 4.78 is 0. The molecule has 1 aliphatic carbocycles. The largest absolute Gasteiger partial charge is 0.348 e. The summed E-state index contributed by atoms with van der Waals surface area (Å²) in [4.78, 5) is 26.7. The second kappa shape index (κ2) is 5.26. The molecule has 0 radical (unpaired) electrons. The van der Waals surface area contributed by atoms with E-state index < -0.39 is 0 Å². The van der Waals surface area contributed by atoms with Crippen molar-refractivity contribution in [2.75, 3.05) is 27.2 Å². The van der Waals surface area contributed by atoms with Gasteiger partial charge in [0.15, 0.2) is 0 Å². The molecular weight excluding hydrogens is 192 g/mol. The zero-order valence-corrected chi connectivity index (χ0v) is 9.82. The lowest BCUT2D eigenvalue weighted by molar-refractivity contribution is -0.131. The van der Waals surface area contributed by atoms with E-state index in [1.807, 2.05) is 11.8 Å². The molecule has 4 heteroatoms. The normalized spacial score (nSPS) is 21.1. The number of hydrogen-bond donors (Lipinski definition) is 0. The lowest BCUT2D eigenvalue weighted by Gasteiger charge is -2.26. The minimum Gasteiger partial charge on any atom is -0.348 e. The summed E-state index contributed by atoms with van der Waals surface area (Å²) in [5.41, 5.74) is 0. The maximum absolute atomic E-state index is 11.6. The topological polar surface area (TPSA) is 40.6 Å². The summed E-state index contributed by atoms with van der Waals surface area (Å²) in [5.74, 6) is 0.361. The lowest BCUT2D eigenvalue weighted by atomic mass is 10.2. The third-order valence-electron chi connectivity index (χ3n) is 2.96. The zero-order valence-electron chi connectivity index (χ0n) is 9.82. The number of ketones is 1. The summed E-state index contributed by atoms with van der Waals surface area (Å²) >= 11 is 0. The van der Waals surface area contributed by atoms with E-state index >= 15 is 0 Å². The zero-order chi connectivity index (χ0) is 11.4. The van der Waals surface area contributed by atoms with Crippen LogP contribution in [0.15, 0.2) is 0 Å². The van der Waals surface area contributed by atoms with Crippen molar-refractivity contribution in [3.8, 4) is 0 Å². The van der Waals surface area contributed by atoms with Gasteiger partial charge in [-0.05, 0) is 19.4 Å². The van der Waals surface area contributed by atoms with Crippen molar-refractivity contribution >= 4 is 11.7 Å². The first-order chi connectivity index (χ1) is 7.06. The second-order valence-electron chi connectivity index (χ2n) is 4.23. The van der Waals surface area contributed by atoms with E-state index in [0.29, 0.717) is 18.7 Å². The molecule has 4 nitrogen and oxygen atoms in total. The Morgan fingerprint density at radius 3 is 2.53 bits per heavy atom. The molecule has 0 spiro atoms. The molecule has 15 heavy (non-hydrogen) atoms. The van der Waals surface area contributed by atoms with E-state index in [1.54, 1.807) is 19.0 Å². The summed E-state index contributed by atoms with van der Waals surface area (Å²) in [6.45, 7) is 3.12. The SMILES string of the molecule is CCN(CC(=O)N(C)C)C1CCCC1=O. The predicted molar refractivity (Wildman–Crippen MR) is 58.6 cm³/mol. The van der Waals surface area contributed by atoms with Crippen molar-refractivity contribution in [1.29, 1.82) is 0 Å². The summed E-state index contributed by atoms with van der Waals surface area (Å²) in [6.07, 6.45) is 2.56. The van der Waals surface area contributed by atoms with Crippen molar-refractivity contribution in [3.05, 3.63) is 0 Å². The van der Waals surface area contributed by atoms with Crippen molar-refractivity contribution in [1.82, 2.24) is 9.80 Å². The van der Waals surface area contributed by atoms with Gasteiger partial charge in [0.05, 0.1) is 12.6 Å². The first-order valence-electron chi connectivity index (χ1n) is 5.53. The molecule has 0 bridgehead atoms. The smallest absolute Gasteiger partial charge is 0.236 e. The van der Waals surface area contributed by atoms with Crippen LogP contribution < -0.4 is 0 Å². The van der Waals surface area contributed by atoms with Gasteiger partial charge < -0.3 is 4.90 Å². The maximum Gasteiger partial charge on any atom is 0.236 e. The molecule has 1 unspecified atom stereocenters. The maximum atomic E-state index is 11.6. The van der Waals surface area contributed by atoms with Crippen LogP contribution in [-0.2, 0) is 9.59 Å². The highest BCUT2D eigenvalue weighted by molar-refractivity contribution is 5.87. The average molecular weight is 212 g/mol. The van der Waals surface area contributed by atoms with Gasteiger partial charge in [-0.2, -0.15) is 0 Å². The van der Waals surface area contributed by atoms with Crippen LogP contribution >= 0.6 is 0 Å². The van der Waals surface area contributed by atoms with E-state index in [0.717, 1.165) is 19.4 Å². The fourth-order valence-electron chi connectivity index (χ4n) is 1.94. The van der Waals surface area contributed by atoms with Gasteiger partial charge in [-0.3, -0.25) is 14.5 Å². The minimum absolute atomic E-state index is 0.0149. The molecule has 0 aliphatic heterocycles. The van der Waals surface area contributed by atoms with E-state index in [9.17, 15) is 9.59 Å². The fraction of sp³-hybridized carbons (Fsp3) is 0.818. The minimum atomic E-state index is -0.0149. The molecule has 0 aromatic rings. The van der Waals surface area contributed by atoms with Crippen molar-refractivity contribution in [2.24, 2.45) is 0 Å². The highest BCUT2D eigenvalue weighted by Gasteiger charge is 2.30. The molecule has 1 rings (SSSR count). The van der Waals surface area contributed by atoms with Gasteiger partial charge in [0.1, 0.15) is 5.78 Å². The summed E-state index contributed by atoms with van der Waals surface area (Å²) in [5, 5.41) is 0. The number of amides is 1. The number of carbonyl (C=O) groups excluding carboxylic acids is 2. The average Bonchev–Trinajstić information content (AvgIpc) is 2.60. The van der Waals surface area contributed by atoms with Crippen molar-refractivity contribution < 1.29 is 9.59 Å². The number of rotatable bonds is 4. The summed E-state index contributed by atoms with van der Waals surface area (Å²) in [6, 6.07) is -0.0149. The highest BCUT2D eigenvalue weighted by atomic mass is 16.2. The van der Waals surface area contributed by atoms with Gasteiger partial charge in [-0.15, -0.1) is 0 Å². The van der Waals surface area contributed by atoms with Crippen molar-refractivity contribution in [3.63, 3.8) is 0 Å². The van der Waals surface area contributed by atoms with Crippen LogP contribution in [0.2, 0.25) is 0 Å². The first-order valence-corrected chi connectivity index (χ1v) is 5.53. The Kier molecular flexibility index (Phi) is 4.27. The van der Waals surface area contributed by atoms with Crippen molar-refractivity contribution in [2.45, 2.75) is 32.2 Å². The number of Topliss-reactive ketones (excluding diaryl/α,β-unsaturated/α-hetero) is 1. The lowest BCUT2D eigenvalue weighted by Crippen LogP contribution is -2.44. The predicted octanol–water partition coefficient (Wildman–Crippen LogP) is 0.518. The van der Waals surface area contributed by atoms with E-state index in [4.69, 9.17) is 0 Å². The van der Waals surface area contributed by atoms with Crippen LogP contribution in [0.5, 0.6) is 0 Å².